The molecule has 4 rings (SSSR count). The molecule has 3 aromatic carbocycles. The normalized spacial score (nSPS) is 13.2. The van der Waals surface area contributed by atoms with E-state index < -0.39 is 28.5 Å². The minimum absolute atomic E-state index is 0.0220. The van der Waals surface area contributed by atoms with Gasteiger partial charge in [-0.05, 0) is 55.8 Å². The fourth-order valence-corrected chi connectivity index (χ4v) is 5.73. The molecule has 11 heteroatoms. The number of benzene rings is 3. The van der Waals surface area contributed by atoms with E-state index in [-0.39, 0.29) is 23.0 Å². The van der Waals surface area contributed by atoms with Crippen LogP contribution in [-0.4, -0.2) is 64.6 Å². The van der Waals surface area contributed by atoms with Crippen molar-refractivity contribution in [2.24, 2.45) is 0 Å². The minimum Gasteiger partial charge on any atom is -0.497 e. The topological polar surface area (TPSA) is 114 Å². The van der Waals surface area contributed by atoms with Crippen LogP contribution in [0, 0.1) is 0 Å². The maximum absolute atomic E-state index is 14.0. The van der Waals surface area contributed by atoms with Crippen molar-refractivity contribution in [3.8, 4) is 17.2 Å². The molecule has 1 atom stereocenters. The summed E-state index contributed by atoms with van der Waals surface area (Å²) in [5, 5.41) is 2.74. The van der Waals surface area contributed by atoms with Gasteiger partial charge in [0.15, 0.2) is 11.5 Å². The molecule has 0 bridgehead atoms. The maximum Gasteiger partial charge on any atom is 0.264 e. The van der Waals surface area contributed by atoms with Crippen molar-refractivity contribution in [2.75, 3.05) is 37.7 Å². The second-order valence-corrected chi connectivity index (χ2v) is 11.0. The second-order valence-electron chi connectivity index (χ2n) is 9.10. The first-order valence-corrected chi connectivity index (χ1v) is 14.4. The van der Waals surface area contributed by atoms with Crippen LogP contribution in [0.4, 0.5) is 5.69 Å². The van der Waals surface area contributed by atoms with E-state index in [1.807, 2.05) is 6.07 Å². The Morgan fingerprint density at radius 3 is 2.40 bits per heavy atom. The first-order chi connectivity index (χ1) is 19.2. The number of likely N-dealkylation sites (N-methyl/N-ethyl adjacent to an activating group) is 1. The van der Waals surface area contributed by atoms with Crippen molar-refractivity contribution >= 4 is 27.5 Å². The summed E-state index contributed by atoms with van der Waals surface area (Å²) in [5.74, 6) is 0.558. The number of fused-ring (bicyclic) bond motifs is 1. The van der Waals surface area contributed by atoms with Gasteiger partial charge in [-0.2, -0.15) is 0 Å². The predicted octanol–water partition coefficient (Wildman–Crippen LogP) is 3.22. The van der Waals surface area contributed by atoms with Crippen LogP contribution in [0.1, 0.15) is 19.4 Å². The molecule has 1 N–H and O–H groups in total. The van der Waals surface area contributed by atoms with Gasteiger partial charge in [0.05, 0.1) is 17.7 Å². The van der Waals surface area contributed by atoms with E-state index in [0.29, 0.717) is 37.0 Å². The minimum atomic E-state index is -4.18. The molecule has 0 saturated heterocycles. The number of nitrogens with zero attached hydrogens (tertiary/aromatic N) is 2. The van der Waals surface area contributed by atoms with Gasteiger partial charge in [0.25, 0.3) is 10.0 Å². The van der Waals surface area contributed by atoms with E-state index in [1.165, 1.54) is 17.0 Å². The molecule has 1 heterocycles. The molecule has 3 aromatic rings. The largest absolute Gasteiger partial charge is 0.497 e. The number of carbonyl (C=O) groups is 2. The molecule has 0 aliphatic carbocycles. The van der Waals surface area contributed by atoms with Gasteiger partial charge in [0.2, 0.25) is 11.8 Å². The van der Waals surface area contributed by atoms with Crippen molar-refractivity contribution in [3.63, 3.8) is 0 Å². The van der Waals surface area contributed by atoms with Gasteiger partial charge in [0, 0.05) is 19.2 Å². The smallest absolute Gasteiger partial charge is 0.264 e. The Bertz CT molecular complexity index is 1450. The third kappa shape index (κ3) is 6.48. The van der Waals surface area contributed by atoms with Crippen molar-refractivity contribution in [2.45, 2.75) is 31.3 Å². The van der Waals surface area contributed by atoms with Gasteiger partial charge in [0.1, 0.15) is 31.5 Å². The average molecular weight is 568 g/mol. The Morgan fingerprint density at radius 2 is 1.70 bits per heavy atom. The first-order valence-electron chi connectivity index (χ1n) is 12.9. The zero-order valence-electron chi connectivity index (χ0n) is 22.7. The number of carbonyl (C=O) groups excluding carboxylic acids is 2. The van der Waals surface area contributed by atoms with Gasteiger partial charge in [-0.1, -0.05) is 30.3 Å². The van der Waals surface area contributed by atoms with E-state index in [4.69, 9.17) is 14.2 Å². The molecular formula is C29H33N3O7S. The highest BCUT2D eigenvalue weighted by atomic mass is 32.2. The van der Waals surface area contributed by atoms with Crippen LogP contribution in [0.5, 0.6) is 17.2 Å². The van der Waals surface area contributed by atoms with Crippen LogP contribution >= 0.6 is 0 Å². The molecule has 0 fully saturated rings. The fourth-order valence-electron chi connectivity index (χ4n) is 4.31. The average Bonchev–Trinajstić information content (AvgIpc) is 2.98. The summed E-state index contributed by atoms with van der Waals surface area (Å²) in [7, 11) is -2.64. The molecule has 0 radical (unpaired) electrons. The van der Waals surface area contributed by atoms with Crippen molar-refractivity contribution in [3.05, 3.63) is 78.4 Å². The Hall–Kier alpha value is -4.25. The van der Waals surface area contributed by atoms with Crippen LogP contribution < -0.4 is 23.8 Å². The van der Waals surface area contributed by atoms with E-state index in [9.17, 15) is 18.0 Å². The van der Waals surface area contributed by atoms with Crippen LogP contribution in [0.2, 0.25) is 0 Å². The number of anilines is 1. The molecule has 0 spiro atoms. The Kier molecular flexibility index (Phi) is 9.15. The number of ether oxygens (including phenoxy) is 3. The molecule has 1 aliphatic heterocycles. The van der Waals surface area contributed by atoms with Crippen LogP contribution in [0.3, 0.4) is 0 Å². The number of nitrogens with one attached hydrogen (secondary N) is 1. The van der Waals surface area contributed by atoms with Crippen molar-refractivity contribution in [1.82, 2.24) is 10.2 Å². The number of methoxy groups -OCH3 is 1. The lowest BCUT2D eigenvalue weighted by Gasteiger charge is -2.32. The number of hydrogen-bond donors (Lipinski definition) is 1. The van der Waals surface area contributed by atoms with Gasteiger partial charge in [-0.3, -0.25) is 13.9 Å². The number of hydrogen-bond acceptors (Lipinski definition) is 7. The molecule has 1 unspecified atom stereocenters. The van der Waals surface area contributed by atoms with Crippen LogP contribution in [0.15, 0.2) is 77.7 Å². The standard InChI is InChI=1S/C29H33N3O7S/c1-4-30-29(34)21(2)31(19-22-9-8-10-24(17-22)37-3)28(33)20-32(40(35,36)25-11-6-5-7-12-25)23-13-14-26-27(18-23)39-16-15-38-26/h5-14,17-18,21H,4,15-16,19-20H2,1-3H3,(H,30,34). The van der Waals surface area contributed by atoms with Crippen LogP contribution in [-0.2, 0) is 26.2 Å². The summed E-state index contributed by atoms with van der Waals surface area (Å²) in [6, 6.07) is 18.9. The molecule has 0 saturated carbocycles. The summed E-state index contributed by atoms with van der Waals surface area (Å²) < 4.78 is 45.4. The third-order valence-electron chi connectivity index (χ3n) is 6.43. The molecular weight excluding hydrogens is 534 g/mol. The second kappa shape index (κ2) is 12.7. The van der Waals surface area contributed by atoms with E-state index >= 15 is 0 Å². The quantitative estimate of drug-likeness (QED) is 0.378. The summed E-state index contributed by atoms with van der Waals surface area (Å²) in [6.07, 6.45) is 0. The number of rotatable bonds is 11. The highest BCUT2D eigenvalue weighted by Crippen LogP contribution is 2.36. The zero-order chi connectivity index (χ0) is 28.7. The van der Waals surface area contributed by atoms with Crippen molar-refractivity contribution < 1.29 is 32.2 Å². The summed E-state index contributed by atoms with van der Waals surface area (Å²) in [6.45, 7) is 4.00. The summed E-state index contributed by atoms with van der Waals surface area (Å²) in [4.78, 5) is 28.2. The molecule has 10 nitrogen and oxygen atoms in total. The molecule has 1 aliphatic rings. The highest BCUT2D eigenvalue weighted by molar-refractivity contribution is 7.92. The third-order valence-corrected chi connectivity index (χ3v) is 8.22. The Labute approximate surface area is 234 Å². The fraction of sp³-hybridized carbons (Fsp3) is 0.310. The van der Waals surface area contributed by atoms with Gasteiger partial charge in [-0.15, -0.1) is 0 Å². The predicted molar refractivity (Wildman–Crippen MR) is 150 cm³/mol. The molecule has 2 amide bonds. The van der Waals surface area contributed by atoms with E-state index in [0.717, 1.165) is 9.87 Å². The SMILES string of the molecule is CCNC(=O)C(C)N(Cc1cccc(OC)c1)C(=O)CN(c1ccc2c(c1)OCCO2)S(=O)(=O)c1ccccc1. The monoisotopic (exact) mass is 567 g/mol. The van der Waals surface area contributed by atoms with E-state index in [2.05, 4.69) is 5.32 Å². The van der Waals surface area contributed by atoms with Gasteiger partial charge in [-0.25, -0.2) is 8.42 Å². The lowest BCUT2D eigenvalue weighted by atomic mass is 10.1. The molecule has 40 heavy (non-hydrogen) atoms. The van der Waals surface area contributed by atoms with Gasteiger partial charge >= 0.3 is 0 Å². The molecule has 0 aromatic heterocycles. The van der Waals surface area contributed by atoms with Gasteiger partial charge < -0.3 is 24.4 Å². The summed E-state index contributed by atoms with van der Waals surface area (Å²) >= 11 is 0. The molecule has 212 valence electrons. The Balaban J connectivity index is 1.73. The van der Waals surface area contributed by atoms with Crippen LogP contribution in [0.25, 0.3) is 0 Å². The maximum atomic E-state index is 14.0. The Morgan fingerprint density at radius 1 is 0.975 bits per heavy atom. The lowest BCUT2D eigenvalue weighted by Crippen LogP contribution is -2.51. The summed E-state index contributed by atoms with van der Waals surface area (Å²) in [5.41, 5.74) is 0.953. The van der Waals surface area contributed by atoms with E-state index in [1.54, 1.807) is 75.6 Å². The zero-order valence-corrected chi connectivity index (χ0v) is 23.5. The lowest BCUT2D eigenvalue weighted by molar-refractivity contribution is -0.139. The number of amides is 2. The number of sulfonamides is 1. The van der Waals surface area contributed by atoms with Crippen molar-refractivity contribution in [1.29, 1.82) is 0 Å². The first kappa shape index (κ1) is 28.8. The highest BCUT2D eigenvalue weighted by Gasteiger charge is 2.33.